The minimum absolute atomic E-state index is 0.0303. The van der Waals surface area contributed by atoms with Crippen molar-refractivity contribution in [2.45, 2.75) is 19.9 Å². The summed E-state index contributed by atoms with van der Waals surface area (Å²) in [5, 5.41) is 14.3. The third-order valence-electron chi connectivity index (χ3n) is 4.89. The van der Waals surface area contributed by atoms with Crippen LogP contribution in [0.3, 0.4) is 0 Å². The van der Waals surface area contributed by atoms with Crippen LogP contribution < -0.4 is 0 Å². The van der Waals surface area contributed by atoms with E-state index in [0.29, 0.717) is 35.4 Å². The minimum Gasteiger partial charge on any atom is -0.325 e. The molecule has 0 N–H and O–H groups in total. The molecule has 1 amide bonds. The van der Waals surface area contributed by atoms with Crippen LogP contribution in [-0.2, 0) is 6.54 Å². The second-order valence-corrected chi connectivity index (χ2v) is 7.08. The van der Waals surface area contributed by atoms with Gasteiger partial charge in [0, 0.05) is 36.9 Å². The molecule has 0 bridgehead atoms. The maximum Gasteiger partial charge on any atom is 0.255 e. The summed E-state index contributed by atoms with van der Waals surface area (Å²) < 4.78 is 1.76. The van der Waals surface area contributed by atoms with E-state index < -0.39 is 0 Å². The molecule has 8 heteroatoms. The first-order valence-corrected chi connectivity index (χ1v) is 10.0. The minimum atomic E-state index is -0.207. The van der Waals surface area contributed by atoms with Gasteiger partial charge in [0.1, 0.15) is 6.54 Å². The van der Waals surface area contributed by atoms with Gasteiger partial charge in [0.05, 0.1) is 35.5 Å². The van der Waals surface area contributed by atoms with E-state index in [0.717, 1.165) is 17.5 Å². The fourth-order valence-electron chi connectivity index (χ4n) is 3.45. The fourth-order valence-corrected chi connectivity index (χ4v) is 3.45. The van der Waals surface area contributed by atoms with Gasteiger partial charge in [-0.1, -0.05) is 13.0 Å². The number of nitrogens with zero attached hydrogens (tertiary/aromatic N) is 7. The highest BCUT2D eigenvalue weighted by atomic mass is 16.2. The van der Waals surface area contributed by atoms with E-state index in [1.807, 2.05) is 31.2 Å². The molecule has 4 aromatic heterocycles. The molecule has 0 saturated heterocycles. The summed E-state index contributed by atoms with van der Waals surface area (Å²) in [5.74, 6) is -0.207. The Kier molecular flexibility index (Phi) is 5.94. The molecule has 0 fully saturated rings. The van der Waals surface area contributed by atoms with Gasteiger partial charge in [-0.05, 0) is 36.2 Å². The van der Waals surface area contributed by atoms with Crippen molar-refractivity contribution in [3.8, 4) is 17.3 Å². The number of fused-ring (bicyclic) bond motifs is 1. The lowest BCUT2D eigenvalue weighted by Gasteiger charge is -2.19. The number of aromatic nitrogens is 5. The fraction of sp³-hybridized carbons (Fsp3) is 0.217. The summed E-state index contributed by atoms with van der Waals surface area (Å²) in [6.45, 7) is 2.99. The lowest BCUT2D eigenvalue weighted by molar-refractivity contribution is 0.0778. The molecular formula is C23H21N7O. The lowest BCUT2D eigenvalue weighted by Crippen LogP contribution is -2.32. The summed E-state index contributed by atoms with van der Waals surface area (Å²) in [5.41, 5.74) is 3.48. The number of carbonyl (C=O) groups is 1. The van der Waals surface area contributed by atoms with E-state index in [4.69, 9.17) is 4.98 Å². The molecule has 0 aliphatic rings. The number of pyridine rings is 3. The molecule has 4 heterocycles. The Labute approximate surface area is 179 Å². The summed E-state index contributed by atoms with van der Waals surface area (Å²) in [7, 11) is 0. The SMILES string of the molecule is CCCN(CC#N)C(=O)c1cc(-c2cccnc2)nc2c1cnn2Cc1cccnc1. The second kappa shape index (κ2) is 9.13. The normalized spacial score (nSPS) is 10.7. The monoisotopic (exact) mass is 411 g/mol. The Hall–Kier alpha value is -4.12. The van der Waals surface area contributed by atoms with Crippen LogP contribution in [0.15, 0.2) is 61.3 Å². The predicted octanol–water partition coefficient (Wildman–Crippen LogP) is 3.31. The third-order valence-corrected chi connectivity index (χ3v) is 4.89. The summed E-state index contributed by atoms with van der Waals surface area (Å²) >= 11 is 0. The van der Waals surface area contributed by atoms with Gasteiger partial charge in [-0.15, -0.1) is 0 Å². The smallest absolute Gasteiger partial charge is 0.255 e. The number of hydrogen-bond donors (Lipinski definition) is 0. The van der Waals surface area contributed by atoms with Gasteiger partial charge < -0.3 is 4.90 Å². The molecule has 0 atom stereocenters. The van der Waals surface area contributed by atoms with E-state index in [1.54, 1.807) is 46.6 Å². The van der Waals surface area contributed by atoms with Crippen LogP contribution in [0.2, 0.25) is 0 Å². The average Bonchev–Trinajstić information content (AvgIpc) is 3.22. The van der Waals surface area contributed by atoms with Crippen LogP contribution in [-0.4, -0.2) is 48.6 Å². The molecule has 0 radical (unpaired) electrons. The predicted molar refractivity (Wildman–Crippen MR) is 116 cm³/mol. The van der Waals surface area contributed by atoms with Crippen LogP contribution in [0, 0.1) is 11.3 Å². The highest BCUT2D eigenvalue weighted by Gasteiger charge is 2.22. The Morgan fingerprint density at radius 1 is 1.16 bits per heavy atom. The molecule has 154 valence electrons. The molecule has 31 heavy (non-hydrogen) atoms. The largest absolute Gasteiger partial charge is 0.325 e. The zero-order valence-electron chi connectivity index (χ0n) is 17.1. The van der Waals surface area contributed by atoms with Gasteiger partial charge >= 0.3 is 0 Å². The number of hydrogen-bond acceptors (Lipinski definition) is 6. The van der Waals surface area contributed by atoms with Crippen molar-refractivity contribution in [3.05, 3.63) is 72.4 Å². The molecule has 0 spiro atoms. The van der Waals surface area contributed by atoms with Gasteiger partial charge in [0.2, 0.25) is 0 Å². The van der Waals surface area contributed by atoms with Gasteiger partial charge in [-0.3, -0.25) is 14.8 Å². The quantitative estimate of drug-likeness (QED) is 0.433. The third kappa shape index (κ3) is 4.26. The number of nitriles is 1. The van der Waals surface area contributed by atoms with Crippen molar-refractivity contribution in [2.75, 3.05) is 13.1 Å². The zero-order chi connectivity index (χ0) is 21.6. The van der Waals surface area contributed by atoms with E-state index in [-0.39, 0.29) is 12.5 Å². The highest BCUT2D eigenvalue weighted by Crippen LogP contribution is 2.26. The van der Waals surface area contributed by atoms with Crippen molar-refractivity contribution in [2.24, 2.45) is 0 Å². The van der Waals surface area contributed by atoms with Crippen LogP contribution in [0.4, 0.5) is 0 Å². The number of rotatable bonds is 7. The Balaban J connectivity index is 1.86. The Morgan fingerprint density at radius 3 is 2.65 bits per heavy atom. The maximum absolute atomic E-state index is 13.4. The summed E-state index contributed by atoms with van der Waals surface area (Å²) in [6.07, 6.45) is 9.32. The van der Waals surface area contributed by atoms with E-state index in [2.05, 4.69) is 21.1 Å². The van der Waals surface area contributed by atoms with Crippen LogP contribution in [0.5, 0.6) is 0 Å². The van der Waals surface area contributed by atoms with Crippen molar-refractivity contribution < 1.29 is 4.79 Å². The van der Waals surface area contributed by atoms with E-state index in [9.17, 15) is 10.1 Å². The Morgan fingerprint density at radius 2 is 1.97 bits per heavy atom. The van der Waals surface area contributed by atoms with Gasteiger partial charge in [-0.25, -0.2) is 9.67 Å². The first-order chi connectivity index (χ1) is 15.2. The molecule has 8 nitrogen and oxygen atoms in total. The number of carbonyl (C=O) groups excluding carboxylic acids is 1. The molecule has 4 aromatic rings. The van der Waals surface area contributed by atoms with Crippen molar-refractivity contribution in [3.63, 3.8) is 0 Å². The summed E-state index contributed by atoms with van der Waals surface area (Å²) in [4.78, 5) is 28.1. The molecular weight excluding hydrogens is 390 g/mol. The van der Waals surface area contributed by atoms with E-state index >= 15 is 0 Å². The van der Waals surface area contributed by atoms with Gasteiger partial charge in [0.25, 0.3) is 5.91 Å². The summed E-state index contributed by atoms with van der Waals surface area (Å²) in [6, 6.07) is 11.4. The van der Waals surface area contributed by atoms with Crippen LogP contribution >= 0.6 is 0 Å². The van der Waals surface area contributed by atoms with Crippen LogP contribution in [0.1, 0.15) is 29.3 Å². The number of amides is 1. The topological polar surface area (TPSA) is 101 Å². The average molecular weight is 411 g/mol. The van der Waals surface area contributed by atoms with Crippen molar-refractivity contribution in [1.82, 2.24) is 29.6 Å². The van der Waals surface area contributed by atoms with Gasteiger partial charge in [0.15, 0.2) is 5.65 Å². The molecule has 0 aromatic carbocycles. The van der Waals surface area contributed by atoms with E-state index in [1.165, 1.54) is 0 Å². The second-order valence-electron chi connectivity index (χ2n) is 7.08. The maximum atomic E-state index is 13.4. The zero-order valence-corrected chi connectivity index (χ0v) is 17.1. The molecule has 4 rings (SSSR count). The lowest BCUT2D eigenvalue weighted by atomic mass is 10.1. The first-order valence-electron chi connectivity index (χ1n) is 10.0. The standard InChI is InChI=1S/C23H21N7O/c1-2-10-29(11-7-24)23(31)19-12-21(18-6-4-9-26-14-18)28-22-20(19)15-27-30(22)16-17-5-3-8-25-13-17/h3-6,8-9,12-15H,2,10-11,16H2,1H3. The molecule has 0 unspecified atom stereocenters. The molecule has 0 saturated carbocycles. The van der Waals surface area contributed by atoms with Gasteiger partial charge in [-0.2, -0.15) is 10.4 Å². The van der Waals surface area contributed by atoms with Crippen molar-refractivity contribution >= 4 is 16.9 Å². The molecule has 0 aliphatic heterocycles. The Bertz CT molecular complexity index is 1230. The van der Waals surface area contributed by atoms with Crippen molar-refractivity contribution in [1.29, 1.82) is 5.26 Å². The van der Waals surface area contributed by atoms with Crippen LogP contribution in [0.25, 0.3) is 22.3 Å². The highest BCUT2D eigenvalue weighted by molar-refractivity contribution is 6.06. The molecule has 0 aliphatic carbocycles. The first kappa shape index (κ1) is 20.2.